The van der Waals surface area contributed by atoms with Gasteiger partial charge in [0.25, 0.3) is 0 Å². The van der Waals surface area contributed by atoms with Crippen LogP contribution in [-0.4, -0.2) is 24.8 Å². The Morgan fingerprint density at radius 1 is 1.25 bits per heavy atom. The van der Waals surface area contributed by atoms with Crippen molar-refractivity contribution in [1.82, 2.24) is 9.88 Å². The van der Waals surface area contributed by atoms with E-state index >= 15 is 0 Å². The van der Waals surface area contributed by atoms with Gasteiger partial charge in [-0.1, -0.05) is 0 Å². The van der Waals surface area contributed by atoms with Crippen molar-refractivity contribution in [3.8, 4) is 5.75 Å². The minimum absolute atomic E-state index is 0.936. The molecule has 1 aliphatic heterocycles. The van der Waals surface area contributed by atoms with Gasteiger partial charge in [0.1, 0.15) is 5.75 Å². The third-order valence-corrected chi connectivity index (χ3v) is 3.26. The molecule has 2 heterocycles. The van der Waals surface area contributed by atoms with Gasteiger partial charge in [-0.2, -0.15) is 0 Å². The van der Waals surface area contributed by atoms with E-state index < -0.39 is 0 Å². The standard InChI is InChI=1S/C13H16N2O/c1-16-12-2-3-13-10(9-12)8-11-4-5-14-6-7-15(11)13/h2-3,8-9,14H,4-7H2,1H3. The van der Waals surface area contributed by atoms with Crippen molar-refractivity contribution in [3.05, 3.63) is 30.0 Å². The average molecular weight is 216 g/mol. The highest BCUT2D eigenvalue weighted by atomic mass is 16.5. The zero-order chi connectivity index (χ0) is 11.0. The molecular weight excluding hydrogens is 200 g/mol. The maximum absolute atomic E-state index is 5.26. The smallest absolute Gasteiger partial charge is 0.119 e. The van der Waals surface area contributed by atoms with Gasteiger partial charge in [0.2, 0.25) is 0 Å². The van der Waals surface area contributed by atoms with Crippen LogP contribution in [0.3, 0.4) is 0 Å². The number of hydrogen-bond donors (Lipinski definition) is 1. The first-order valence-corrected chi connectivity index (χ1v) is 5.75. The molecule has 16 heavy (non-hydrogen) atoms. The predicted molar refractivity (Wildman–Crippen MR) is 65.1 cm³/mol. The largest absolute Gasteiger partial charge is 0.497 e. The van der Waals surface area contributed by atoms with E-state index in [2.05, 4.69) is 28.1 Å². The summed E-state index contributed by atoms with van der Waals surface area (Å²) in [6.45, 7) is 3.20. The number of methoxy groups -OCH3 is 1. The maximum atomic E-state index is 5.26. The first-order chi connectivity index (χ1) is 7.88. The average Bonchev–Trinajstić information content (AvgIpc) is 2.50. The van der Waals surface area contributed by atoms with E-state index in [4.69, 9.17) is 4.74 Å². The van der Waals surface area contributed by atoms with E-state index in [-0.39, 0.29) is 0 Å². The summed E-state index contributed by atoms with van der Waals surface area (Å²) in [5, 5.41) is 4.71. The van der Waals surface area contributed by atoms with Crippen LogP contribution in [0.5, 0.6) is 5.75 Å². The summed E-state index contributed by atoms with van der Waals surface area (Å²) >= 11 is 0. The topological polar surface area (TPSA) is 26.2 Å². The molecule has 0 spiro atoms. The highest BCUT2D eigenvalue weighted by Crippen LogP contribution is 2.25. The molecule has 2 aromatic rings. The molecular formula is C13H16N2O. The zero-order valence-corrected chi connectivity index (χ0v) is 9.49. The Morgan fingerprint density at radius 2 is 2.19 bits per heavy atom. The van der Waals surface area contributed by atoms with Gasteiger partial charge >= 0.3 is 0 Å². The van der Waals surface area contributed by atoms with Crippen LogP contribution in [0.15, 0.2) is 24.3 Å². The normalized spacial score (nSPS) is 15.8. The van der Waals surface area contributed by atoms with Crippen LogP contribution in [0, 0.1) is 0 Å². The summed E-state index contributed by atoms with van der Waals surface area (Å²) in [7, 11) is 1.71. The molecule has 0 saturated heterocycles. The lowest BCUT2D eigenvalue weighted by atomic mass is 10.2. The Hall–Kier alpha value is -1.48. The third kappa shape index (κ3) is 1.48. The fourth-order valence-electron chi connectivity index (χ4n) is 2.44. The summed E-state index contributed by atoms with van der Waals surface area (Å²) in [6, 6.07) is 8.59. The van der Waals surface area contributed by atoms with Crippen LogP contribution in [0.2, 0.25) is 0 Å². The van der Waals surface area contributed by atoms with Gasteiger partial charge in [0.15, 0.2) is 0 Å². The fraction of sp³-hybridized carbons (Fsp3) is 0.385. The van der Waals surface area contributed by atoms with Crippen LogP contribution in [-0.2, 0) is 13.0 Å². The van der Waals surface area contributed by atoms with E-state index in [1.54, 1.807) is 7.11 Å². The predicted octanol–water partition coefficient (Wildman–Crippen LogP) is 1.80. The number of benzene rings is 1. The second-order valence-electron chi connectivity index (χ2n) is 4.21. The molecule has 3 heteroatoms. The van der Waals surface area contributed by atoms with Gasteiger partial charge in [0.05, 0.1) is 7.11 Å². The fourth-order valence-corrected chi connectivity index (χ4v) is 2.44. The highest BCUT2D eigenvalue weighted by Gasteiger charge is 2.11. The van der Waals surface area contributed by atoms with Gasteiger partial charge in [-0.05, 0) is 24.3 Å². The summed E-state index contributed by atoms with van der Waals surface area (Å²) in [5.74, 6) is 0.936. The van der Waals surface area contributed by atoms with Crippen molar-refractivity contribution in [3.63, 3.8) is 0 Å². The van der Waals surface area contributed by atoms with Gasteiger partial charge in [-0.15, -0.1) is 0 Å². The third-order valence-electron chi connectivity index (χ3n) is 3.26. The van der Waals surface area contributed by atoms with Crippen LogP contribution in [0.25, 0.3) is 10.9 Å². The molecule has 1 aromatic carbocycles. The minimum Gasteiger partial charge on any atom is -0.497 e. The minimum atomic E-state index is 0.936. The molecule has 1 N–H and O–H groups in total. The molecule has 0 saturated carbocycles. The Labute approximate surface area is 95.0 Å². The molecule has 1 aromatic heterocycles. The van der Waals surface area contributed by atoms with Crippen LogP contribution in [0.1, 0.15) is 5.69 Å². The Bertz CT molecular complexity index is 516. The van der Waals surface area contributed by atoms with Gasteiger partial charge in [-0.3, -0.25) is 0 Å². The summed E-state index contributed by atoms with van der Waals surface area (Å²) in [5.41, 5.74) is 2.74. The van der Waals surface area contributed by atoms with Crippen LogP contribution < -0.4 is 10.1 Å². The number of nitrogens with zero attached hydrogens (tertiary/aromatic N) is 1. The Morgan fingerprint density at radius 3 is 3.06 bits per heavy atom. The van der Waals surface area contributed by atoms with E-state index in [0.717, 1.165) is 31.8 Å². The van der Waals surface area contributed by atoms with Crippen LogP contribution in [0.4, 0.5) is 0 Å². The SMILES string of the molecule is COc1ccc2c(c1)cc1n2CCNCC1. The van der Waals surface area contributed by atoms with E-state index in [9.17, 15) is 0 Å². The first kappa shape index (κ1) is 9.73. The molecule has 0 atom stereocenters. The molecule has 3 rings (SSSR count). The van der Waals surface area contributed by atoms with Gasteiger partial charge in [-0.25, -0.2) is 0 Å². The molecule has 0 amide bonds. The number of fused-ring (bicyclic) bond motifs is 3. The number of ether oxygens (including phenoxy) is 1. The number of nitrogens with one attached hydrogen (secondary N) is 1. The van der Waals surface area contributed by atoms with Crippen molar-refractivity contribution in [2.75, 3.05) is 20.2 Å². The molecule has 0 fully saturated rings. The van der Waals surface area contributed by atoms with Crippen molar-refractivity contribution >= 4 is 10.9 Å². The quantitative estimate of drug-likeness (QED) is 0.786. The Kier molecular flexibility index (Phi) is 2.33. The van der Waals surface area contributed by atoms with Crippen molar-refractivity contribution in [2.24, 2.45) is 0 Å². The van der Waals surface area contributed by atoms with Crippen molar-refractivity contribution < 1.29 is 4.74 Å². The van der Waals surface area contributed by atoms with E-state index in [1.807, 2.05) is 6.07 Å². The van der Waals surface area contributed by atoms with Crippen molar-refractivity contribution in [1.29, 1.82) is 0 Å². The lowest BCUT2D eigenvalue weighted by Crippen LogP contribution is -2.17. The monoisotopic (exact) mass is 216 g/mol. The summed E-state index contributed by atoms with van der Waals surface area (Å²) in [4.78, 5) is 0. The van der Waals surface area contributed by atoms with Crippen LogP contribution >= 0.6 is 0 Å². The molecule has 3 nitrogen and oxygen atoms in total. The molecule has 1 aliphatic rings. The lowest BCUT2D eigenvalue weighted by Gasteiger charge is -2.06. The second kappa shape index (κ2) is 3.83. The number of hydrogen-bond acceptors (Lipinski definition) is 2. The lowest BCUT2D eigenvalue weighted by molar-refractivity contribution is 0.415. The van der Waals surface area contributed by atoms with Gasteiger partial charge in [0, 0.05) is 42.7 Å². The van der Waals surface area contributed by atoms with E-state index in [0.29, 0.717) is 0 Å². The maximum Gasteiger partial charge on any atom is 0.119 e. The molecule has 0 unspecified atom stereocenters. The summed E-state index contributed by atoms with van der Waals surface area (Å²) < 4.78 is 7.67. The number of aromatic nitrogens is 1. The molecule has 0 aliphatic carbocycles. The first-order valence-electron chi connectivity index (χ1n) is 5.75. The molecule has 0 bridgehead atoms. The molecule has 84 valence electrons. The summed E-state index contributed by atoms with van der Waals surface area (Å²) in [6.07, 6.45) is 1.11. The second-order valence-corrected chi connectivity index (χ2v) is 4.21. The Balaban J connectivity index is 2.17. The van der Waals surface area contributed by atoms with Gasteiger partial charge < -0.3 is 14.6 Å². The number of rotatable bonds is 1. The van der Waals surface area contributed by atoms with E-state index in [1.165, 1.54) is 16.6 Å². The zero-order valence-electron chi connectivity index (χ0n) is 9.49. The molecule has 0 radical (unpaired) electrons. The van der Waals surface area contributed by atoms with Crippen molar-refractivity contribution in [2.45, 2.75) is 13.0 Å². The highest BCUT2D eigenvalue weighted by molar-refractivity contribution is 5.83.